The molecule has 0 aliphatic heterocycles. The molecule has 114 valence electrons. The summed E-state index contributed by atoms with van der Waals surface area (Å²) >= 11 is 0. The van der Waals surface area contributed by atoms with Crippen molar-refractivity contribution in [2.45, 2.75) is 64.5 Å². The van der Waals surface area contributed by atoms with Crippen LogP contribution in [0.1, 0.15) is 55.9 Å². The van der Waals surface area contributed by atoms with Crippen LogP contribution in [-0.4, -0.2) is 9.52 Å². The molecular formula is C18H34SiTi. The summed E-state index contributed by atoms with van der Waals surface area (Å²) in [5.41, 5.74) is 6.77. The summed E-state index contributed by atoms with van der Waals surface area (Å²) in [5.74, 6) is 0. The Hall–Kier alpha value is 0.281. The van der Waals surface area contributed by atoms with Crippen LogP contribution < -0.4 is 0 Å². The summed E-state index contributed by atoms with van der Waals surface area (Å²) in [6, 6.07) is 3.89. The van der Waals surface area contributed by atoms with E-state index in [0.717, 1.165) is 0 Å². The molecule has 0 nitrogen and oxygen atoms in total. The molecule has 0 saturated carbocycles. The largest absolute Gasteiger partial charge is 4.00 e. The van der Waals surface area contributed by atoms with Gasteiger partial charge in [-0.15, -0.1) is 0 Å². The quantitative estimate of drug-likeness (QED) is 0.539. The first-order valence-electron chi connectivity index (χ1n) is 6.74. The molecule has 0 radical (unpaired) electrons. The molecule has 0 amide bonds. The Bertz CT molecular complexity index is 372. The predicted molar refractivity (Wildman–Crippen MR) is 94.6 cm³/mol. The van der Waals surface area contributed by atoms with E-state index >= 15 is 0 Å². The maximum Gasteiger partial charge on any atom is 4.00 e. The molecule has 20 heavy (non-hydrogen) atoms. The molecule has 0 atom stereocenters. The zero-order valence-corrected chi connectivity index (χ0v) is 17.8. The van der Waals surface area contributed by atoms with Gasteiger partial charge in [-0.25, -0.2) is 6.07 Å². The van der Waals surface area contributed by atoms with Gasteiger partial charge in [0.1, 0.15) is 0 Å². The monoisotopic (exact) mass is 326 g/mol. The fourth-order valence-electron chi connectivity index (χ4n) is 2.87. The molecule has 0 heterocycles. The number of hydrogen-bond donors (Lipinski definition) is 0. The van der Waals surface area contributed by atoms with Gasteiger partial charge in [-0.1, -0.05) is 59.4 Å². The molecule has 1 aliphatic carbocycles. The maximum atomic E-state index is 2.47. The van der Waals surface area contributed by atoms with Crippen LogP contribution in [0.15, 0.2) is 6.07 Å². The van der Waals surface area contributed by atoms with Gasteiger partial charge in [0.15, 0.2) is 0 Å². The normalized spacial score (nSPS) is 13.6. The van der Waals surface area contributed by atoms with E-state index in [9.17, 15) is 0 Å². The van der Waals surface area contributed by atoms with Crippen LogP contribution in [0.2, 0.25) is 5.04 Å². The third-order valence-corrected chi connectivity index (χ3v) is 6.12. The Morgan fingerprint density at radius 2 is 1.65 bits per heavy atom. The molecule has 1 aromatic rings. The molecule has 2 heteroatoms. The van der Waals surface area contributed by atoms with E-state index in [1.54, 1.807) is 22.3 Å². The van der Waals surface area contributed by atoms with Crippen molar-refractivity contribution < 1.29 is 21.7 Å². The second-order valence-corrected chi connectivity index (χ2v) is 9.70. The van der Waals surface area contributed by atoms with Crippen LogP contribution in [0.25, 0.3) is 0 Å². The van der Waals surface area contributed by atoms with Crippen molar-refractivity contribution in [3.05, 3.63) is 50.6 Å². The molecule has 0 unspecified atom stereocenters. The number of hydrogen-bond acceptors (Lipinski definition) is 0. The van der Waals surface area contributed by atoms with Gasteiger partial charge >= 0.3 is 21.7 Å². The molecule has 0 aromatic heterocycles. The SMILES string of the molecule is Cc1cc2c([c-]1C[SiH2]C(C)(C)C)CCCC2.[CH3-].[CH3-].[CH3-].[Ti+4]. The van der Waals surface area contributed by atoms with Gasteiger partial charge in [0, 0.05) is 9.52 Å². The van der Waals surface area contributed by atoms with Crippen molar-refractivity contribution in [2.75, 3.05) is 0 Å². The Morgan fingerprint density at radius 3 is 2.20 bits per heavy atom. The van der Waals surface area contributed by atoms with Crippen molar-refractivity contribution in [3.63, 3.8) is 0 Å². The van der Waals surface area contributed by atoms with E-state index in [1.165, 1.54) is 31.7 Å². The molecular weight excluding hydrogens is 292 g/mol. The van der Waals surface area contributed by atoms with E-state index in [4.69, 9.17) is 0 Å². The molecule has 0 N–H and O–H groups in total. The first-order valence-corrected chi connectivity index (χ1v) is 8.45. The Kier molecular flexibility index (Phi) is 12.7. The van der Waals surface area contributed by atoms with Crippen molar-refractivity contribution in [1.29, 1.82) is 0 Å². The second kappa shape index (κ2) is 10.1. The average Bonchev–Trinajstić information content (AvgIpc) is 2.49. The van der Waals surface area contributed by atoms with E-state index < -0.39 is 0 Å². The van der Waals surface area contributed by atoms with Crippen LogP contribution in [0.4, 0.5) is 0 Å². The predicted octanol–water partition coefficient (Wildman–Crippen LogP) is 4.83. The Labute approximate surface area is 146 Å². The van der Waals surface area contributed by atoms with E-state index in [2.05, 4.69) is 33.8 Å². The average molecular weight is 326 g/mol. The van der Waals surface area contributed by atoms with Crippen LogP contribution in [0, 0.1) is 29.2 Å². The zero-order valence-electron chi connectivity index (χ0n) is 14.8. The Morgan fingerprint density at radius 1 is 1.10 bits per heavy atom. The smallest absolute Gasteiger partial charge is 0.358 e. The van der Waals surface area contributed by atoms with Crippen LogP contribution in [-0.2, 0) is 40.6 Å². The van der Waals surface area contributed by atoms with Crippen molar-refractivity contribution in [2.24, 2.45) is 0 Å². The van der Waals surface area contributed by atoms with Gasteiger partial charge in [0.05, 0.1) is 0 Å². The van der Waals surface area contributed by atoms with Crippen molar-refractivity contribution in [3.8, 4) is 0 Å². The molecule has 0 spiro atoms. The zero-order chi connectivity index (χ0) is 11.8. The summed E-state index contributed by atoms with van der Waals surface area (Å²) in [7, 11) is 0.0290. The van der Waals surface area contributed by atoms with E-state index in [-0.39, 0.29) is 53.5 Å². The molecule has 2 rings (SSSR count). The third kappa shape index (κ3) is 6.37. The number of fused-ring (bicyclic) bond motifs is 1. The summed E-state index contributed by atoms with van der Waals surface area (Å²) in [6.45, 7) is 9.54. The number of rotatable bonds is 2. The van der Waals surface area contributed by atoms with Gasteiger partial charge in [-0.2, -0.15) is 22.3 Å². The van der Waals surface area contributed by atoms with Gasteiger partial charge in [0.25, 0.3) is 0 Å². The van der Waals surface area contributed by atoms with Crippen molar-refractivity contribution in [1.82, 2.24) is 0 Å². The van der Waals surface area contributed by atoms with E-state index in [1.807, 2.05) is 0 Å². The van der Waals surface area contributed by atoms with Crippen LogP contribution in [0.5, 0.6) is 0 Å². The fraction of sp³-hybridized carbons (Fsp3) is 0.556. The maximum absolute atomic E-state index is 2.47. The van der Waals surface area contributed by atoms with Gasteiger partial charge in [-0.05, 0) is 5.04 Å². The molecule has 0 bridgehead atoms. The topological polar surface area (TPSA) is 0 Å². The summed E-state index contributed by atoms with van der Waals surface area (Å²) < 4.78 is 0. The molecule has 0 fully saturated rings. The summed E-state index contributed by atoms with van der Waals surface area (Å²) in [6.07, 6.45) is 5.53. The first kappa shape index (κ1) is 25.2. The van der Waals surface area contributed by atoms with Gasteiger partial charge in [-0.3, -0.25) is 0 Å². The van der Waals surface area contributed by atoms with Gasteiger partial charge in [0.2, 0.25) is 0 Å². The van der Waals surface area contributed by atoms with Gasteiger partial charge < -0.3 is 22.3 Å². The molecule has 1 aromatic carbocycles. The standard InChI is InChI=1S/C15H25Si.3CH3.Ti/c1-11-9-12-7-5-6-8-13(12)14(11)10-16-15(2,3)4;;;;/h9H,5-8,10,16H2,1-4H3;3*1H3;/q4*-1;+4. The minimum atomic E-state index is 0. The van der Waals surface area contributed by atoms with Crippen LogP contribution in [0.3, 0.4) is 0 Å². The molecule has 1 aliphatic rings. The van der Waals surface area contributed by atoms with E-state index in [0.29, 0.717) is 5.04 Å². The van der Waals surface area contributed by atoms with Crippen molar-refractivity contribution >= 4 is 9.52 Å². The van der Waals surface area contributed by atoms with Crippen LogP contribution >= 0.6 is 0 Å². The number of aryl methyl sites for hydroxylation is 2. The first-order chi connectivity index (χ1) is 7.47. The summed E-state index contributed by atoms with van der Waals surface area (Å²) in [4.78, 5) is 0. The summed E-state index contributed by atoms with van der Waals surface area (Å²) in [5, 5.41) is 0.602. The second-order valence-electron chi connectivity index (χ2n) is 6.58. The molecule has 0 saturated heterocycles. The third-order valence-electron chi connectivity index (χ3n) is 3.87. The Balaban J connectivity index is -0.000000722. The minimum absolute atomic E-state index is 0. The fourth-order valence-corrected chi connectivity index (χ4v) is 4.56. The minimum Gasteiger partial charge on any atom is -0.358 e.